The van der Waals surface area contributed by atoms with E-state index in [2.05, 4.69) is 41.5 Å². The van der Waals surface area contributed by atoms with Crippen LogP contribution in [0.5, 0.6) is 0 Å². The first-order valence-corrected chi connectivity index (χ1v) is 10.5. The fraction of sp³-hybridized carbons (Fsp3) is 1.00. The van der Waals surface area contributed by atoms with Crippen LogP contribution in [0.4, 0.5) is 0 Å². The Hall–Kier alpha value is 0. The zero-order chi connectivity index (χ0) is 16.8. The summed E-state index contributed by atoms with van der Waals surface area (Å²) in [6.45, 7) is 14.3. The van der Waals surface area contributed by atoms with E-state index in [0.29, 0.717) is 0 Å². The first-order chi connectivity index (χ1) is 10.5. The van der Waals surface area contributed by atoms with E-state index in [-0.39, 0.29) is 0 Å². The van der Waals surface area contributed by atoms with E-state index >= 15 is 0 Å². The van der Waals surface area contributed by atoms with Crippen molar-refractivity contribution in [2.24, 2.45) is 23.7 Å². The lowest BCUT2D eigenvalue weighted by molar-refractivity contribution is 0.347. The van der Waals surface area contributed by atoms with Crippen LogP contribution < -0.4 is 0 Å². The summed E-state index contributed by atoms with van der Waals surface area (Å²) in [5.74, 6) is 3.81. The van der Waals surface area contributed by atoms with Crippen LogP contribution in [0, 0.1) is 23.7 Å². The Labute approximate surface area is 142 Å². The molecule has 0 N–H and O–H groups in total. The highest BCUT2D eigenvalue weighted by molar-refractivity contribution is 4.63. The summed E-state index contributed by atoms with van der Waals surface area (Å²) >= 11 is 0. The summed E-state index contributed by atoms with van der Waals surface area (Å²) in [4.78, 5) is 0. The lowest BCUT2D eigenvalue weighted by atomic mass is 9.88. The molecule has 0 radical (unpaired) electrons. The quantitative estimate of drug-likeness (QED) is 0.285. The van der Waals surface area contributed by atoms with Gasteiger partial charge in [0.25, 0.3) is 0 Å². The maximum Gasteiger partial charge on any atom is -0.0417 e. The van der Waals surface area contributed by atoms with Crippen molar-refractivity contribution in [3.05, 3.63) is 0 Å². The molecule has 134 valence electrons. The van der Waals surface area contributed by atoms with Gasteiger partial charge in [-0.1, -0.05) is 119 Å². The largest absolute Gasteiger partial charge is 0.0651 e. The minimum absolute atomic E-state index is 0.881. The molecule has 0 rings (SSSR count). The van der Waals surface area contributed by atoms with Gasteiger partial charge in [-0.3, -0.25) is 0 Å². The number of hydrogen-bond acceptors (Lipinski definition) is 0. The standard InChI is InChI=1S/C22H46/c1-7-21(8-2)16-12-18-22(9-3)17-11-15-20(6)14-10-13-19(4)5/h19-22H,7-18H2,1-6H3. The minimum atomic E-state index is 0.881. The van der Waals surface area contributed by atoms with Gasteiger partial charge in [0, 0.05) is 0 Å². The second-order valence-electron chi connectivity index (χ2n) is 8.25. The molecule has 0 aromatic heterocycles. The van der Waals surface area contributed by atoms with Crippen LogP contribution >= 0.6 is 0 Å². The van der Waals surface area contributed by atoms with E-state index in [1.807, 2.05) is 0 Å². The molecule has 0 aliphatic carbocycles. The molecule has 0 spiro atoms. The van der Waals surface area contributed by atoms with Crippen LogP contribution in [0.3, 0.4) is 0 Å². The predicted molar refractivity (Wildman–Crippen MR) is 103 cm³/mol. The summed E-state index contributed by atoms with van der Waals surface area (Å²) in [6, 6.07) is 0. The predicted octanol–water partition coefficient (Wildman–Crippen LogP) is 8.25. The van der Waals surface area contributed by atoms with Gasteiger partial charge in [0.05, 0.1) is 0 Å². The molecule has 0 fully saturated rings. The molecule has 0 heteroatoms. The molecule has 0 amide bonds. The Bertz CT molecular complexity index is 214. The van der Waals surface area contributed by atoms with E-state index in [4.69, 9.17) is 0 Å². The summed E-state index contributed by atoms with van der Waals surface area (Å²) < 4.78 is 0. The van der Waals surface area contributed by atoms with Gasteiger partial charge in [0.2, 0.25) is 0 Å². The highest BCUT2D eigenvalue weighted by Crippen LogP contribution is 2.25. The van der Waals surface area contributed by atoms with Crippen LogP contribution in [0.25, 0.3) is 0 Å². The molecule has 22 heavy (non-hydrogen) atoms. The van der Waals surface area contributed by atoms with Gasteiger partial charge in [0.15, 0.2) is 0 Å². The Morgan fingerprint density at radius 2 is 0.909 bits per heavy atom. The van der Waals surface area contributed by atoms with E-state index in [9.17, 15) is 0 Å². The molecule has 2 atom stereocenters. The van der Waals surface area contributed by atoms with E-state index in [1.165, 1.54) is 77.0 Å². The van der Waals surface area contributed by atoms with Crippen LogP contribution in [0.1, 0.15) is 119 Å². The van der Waals surface area contributed by atoms with Crippen molar-refractivity contribution >= 4 is 0 Å². The van der Waals surface area contributed by atoms with Crippen LogP contribution in [-0.2, 0) is 0 Å². The maximum absolute atomic E-state index is 2.47. The molecule has 0 aliphatic rings. The van der Waals surface area contributed by atoms with E-state index in [0.717, 1.165) is 23.7 Å². The second kappa shape index (κ2) is 14.6. The van der Waals surface area contributed by atoms with Gasteiger partial charge < -0.3 is 0 Å². The van der Waals surface area contributed by atoms with Crippen molar-refractivity contribution in [3.63, 3.8) is 0 Å². The lowest BCUT2D eigenvalue weighted by Crippen LogP contribution is -2.04. The summed E-state index contributed by atoms with van der Waals surface area (Å²) in [5.41, 5.74) is 0. The van der Waals surface area contributed by atoms with Crippen molar-refractivity contribution in [3.8, 4) is 0 Å². The molecule has 0 nitrogen and oxygen atoms in total. The fourth-order valence-corrected chi connectivity index (χ4v) is 3.72. The third-order valence-corrected chi connectivity index (χ3v) is 5.74. The molecule has 0 aromatic carbocycles. The average Bonchev–Trinajstić information content (AvgIpc) is 2.49. The molecule has 0 aromatic rings. The molecular formula is C22H46. The Morgan fingerprint density at radius 3 is 1.36 bits per heavy atom. The Balaban J connectivity index is 3.67. The van der Waals surface area contributed by atoms with E-state index < -0.39 is 0 Å². The zero-order valence-corrected chi connectivity index (χ0v) is 16.8. The molecule has 0 saturated heterocycles. The smallest absolute Gasteiger partial charge is 0.0417 e. The third-order valence-electron chi connectivity index (χ3n) is 5.74. The van der Waals surface area contributed by atoms with Gasteiger partial charge in [0.1, 0.15) is 0 Å². The highest BCUT2D eigenvalue weighted by atomic mass is 14.2. The summed E-state index contributed by atoms with van der Waals surface area (Å²) in [7, 11) is 0. The maximum atomic E-state index is 2.47. The van der Waals surface area contributed by atoms with Crippen LogP contribution in [0.2, 0.25) is 0 Å². The van der Waals surface area contributed by atoms with Crippen LogP contribution in [0.15, 0.2) is 0 Å². The molecule has 0 bridgehead atoms. The van der Waals surface area contributed by atoms with Crippen molar-refractivity contribution in [2.75, 3.05) is 0 Å². The molecular weight excluding hydrogens is 264 g/mol. The topological polar surface area (TPSA) is 0 Å². The normalized spacial score (nSPS) is 14.7. The molecule has 0 heterocycles. The number of rotatable bonds is 15. The highest BCUT2D eigenvalue weighted by Gasteiger charge is 2.10. The first kappa shape index (κ1) is 22.0. The Morgan fingerprint density at radius 1 is 0.500 bits per heavy atom. The second-order valence-corrected chi connectivity index (χ2v) is 8.25. The summed E-state index contributed by atoms with van der Waals surface area (Å²) in [5, 5.41) is 0. The van der Waals surface area contributed by atoms with Crippen molar-refractivity contribution in [1.82, 2.24) is 0 Å². The van der Waals surface area contributed by atoms with Crippen LogP contribution in [-0.4, -0.2) is 0 Å². The van der Waals surface area contributed by atoms with Gasteiger partial charge in [-0.05, 0) is 23.7 Å². The van der Waals surface area contributed by atoms with E-state index in [1.54, 1.807) is 0 Å². The lowest BCUT2D eigenvalue weighted by Gasteiger charge is -2.18. The van der Waals surface area contributed by atoms with Gasteiger partial charge in [-0.2, -0.15) is 0 Å². The van der Waals surface area contributed by atoms with Crippen molar-refractivity contribution < 1.29 is 0 Å². The van der Waals surface area contributed by atoms with Crippen molar-refractivity contribution in [1.29, 1.82) is 0 Å². The average molecular weight is 311 g/mol. The fourth-order valence-electron chi connectivity index (χ4n) is 3.72. The molecule has 2 unspecified atom stereocenters. The minimum Gasteiger partial charge on any atom is -0.0651 e. The van der Waals surface area contributed by atoms with Gasteiger partial charge in [-0.15, -0.1) is 0 Å². The van der Waals surface area contributed by atoms with Gasteiger partial charge >= 0.3 is 0 Å². The Kier molecular flexibility index (Phi) is 14.6. The SMILES string of the molecule is CCC(CC)CCCC(CC)CCCC(C)CCCC(C)C. The number of hydrogen-bond donors (Lipinski definition) is 0. The van der Waals surface area contributed by atoms with Crippen molar-refractivity contribution in [2.45, 2.75) is 119 Å². The third kappa shape index (κ3) is 12.5. The molecule has 0 aliphatic heterocycles. The zero-order valence-electron chi connectivity index (χ0n) is 16.8. The summed E-state index contributed by atoms with van der Waals surface area (Å²) in [6.07, 6.45) is 17.3. The molecule has 0 saturated carbocycles. The monoisotopic (exact) mass is 310 g/mol. The van der Waals surface area contributed by atoms with Gasteiger partial charge in [-0.25, -0.2) is 0 Å². The first-order valence-electron chi connectivity index (χ1n) is 10.5.